The van der Waals surface area contributed by atoms with Crippen LogP contribution in [0.15, 0.2) is 40.9 Å². The highest BCUT2D eigenvalue weighted by atomic mass is 79.9. The molecule has 0 fully saturated rings. The number of hydrogen-bond acceptors (Lipinski definition) is 3. The Hall–Kier alpha value is -0.710. The molecule has 144 valence electrons. The molecule has 0 unspecified atom stereocenters. The molecule has 0 saturated carbocycles. The van der Waals surface area contributed by atoms with Gasteiger partial charge in [-0.15, -0.1) is 0 Å². The molecule has 26 heavy (non-hydrogen) atoms. The lowest BCUT2D eigenvalue weighted by Crippen LogP contribution is -1.97. The van der Waals surface area contributed by atoms with E-state index in [4.69, 9.17) is 9.84 Å². The molecule has 2 rings (SSSR count). The van der Waals surface area contributed by atoms with Crippen LogP contribution in [0.4, 0.5) is 0 Å². The van der Waals surface area contributed by atoms with Crippen molar-refractivity contribution in [3.63, 3.8) is 0 Å². The lowest BCUT2D eigenvalue weighted by atomic mass is 10.1. The molecule has 0 bridgehead atoms. The van der Waals surface area contributed by atoms with Gasteiger partial charge in [-0.3, -0.25) is 0 Å². The summed E-state index contributed by atoms with van der Waals surface area (Å²) in [5, 5.41) is 11.2. The van der Waals surface area contributed by atoms with E-state index < -0.39 is 0 Å². The number of ether oxygens (including phenoxy) is 1. The van der Waals surface area contributed by atoms with Crippen molar-refractivity contribution in [1.82, 2.24) is 0 Å². The number of benzene rings is 2. The van der Waals surface area contributed by atoms with E-state index in [0.717, 1.165) is 29.7 Å². The summed E-state index contributed by atoms with van der Waals surface area (Å²) in [6, 6.07) is 12.6. The van der Waals surface area contributed by atoms with Crippen LogP contribution in [0.5, 0.6) is 5.75 Å². The zero-order valence-electron chi connectivity index (χ0n) is 15.6. The van der Waals surface area contributed by atoms with Crippen molar-refractivity contribution in [3.05, 3.63) is 40.9 Å². The standard InChI is InChI=1S/C22H31BrO2S/c23-21-11-9-20-18-22(12-10-19(20)17-21)25-14-6-2-4-8-16-26-15-7-3-1-5-13-24/h9-12,17-18,24H,1-8,13-16H2. The van der Waals surface area contributed by atoms with Gasteiger partial charge < -0.3 is 9.84 Å². The molecule has 1 N–H and O–H groups in total. The minimum atomic E-state index is 0.343. The van der Waals surface area contributed by atoms with Gasteiger partial charge in [-0.05, 0) is 72.2 Å². The van der Waals surface area contributed by atoms with Crippen molar-refractivity contribution in [2.24, 2.45) is 0 Å². The Kier molecular flexibility index (Phi) is 11.2. The number of thioether (sulfide) groups is 1. The third-order valence-electron chi connectivity index (χ3n) is 4.42. The maximum atomic E-state index is 8.73. The molecule has 0 aliphatic rings. The second-order valence-electron chi connectivity index (χ2n) is 6.67. The molecule has 0 saturated heterocycles. The molecule has 0 aromatic heterocycles. The Bertz CT molecular complexity index is 633. The van der Waals surface area contributed by atoms with Gasteiger partial charge in [0.15, 0.2) is 0 Å². The summed E-state index contributed by atoms with van der Waals surface area (Å²) in [7, 11) is 0. The summed E-state index contributed by atoms with van der Waals surface area (Å²) < 4.78 is 7.01. The minimum Gasteiger partial charge on any atom is -0.494 e. The van der Waals surface area contributed by atoms with E-state index in [-0.39, 0.29) is 0 Å². The SMILES string of the molecule is OCCCCCCSCCCCCCOc1ccc2cc(Br)ccc2c1. The van der Waals surface area contributed by atoms with Crippen molar-refractivity contribution >= 4 is 38.5 Å². The molecule has 0 heterocycles. The van der Waals surface area contributed by atoms with Gasteiger partial charge >= 0.3 is 0 Å². The normalized spacial score (nSPS) is 11.2. The van der Waals surface area contributed by atoms with Crippen molar-refractivity contribution in [2.75, 3.05) is 24.7 Å². The lowest BCUT2D eigenvalue weighted by Gasteiger charge is -2.08. The predicted octanol–water partition coefficient (Wildman–Crippen LogP) is 6.83. The van der Waals surface area contributed by atoms with Gasteiger partial charge in [0.1, 0.15) is 5.75 Å². The fraction of sp³-hybridized carbons (Fsp3) is 0.545. The van der Waals surface area contributed by atoms with Gasteiger partial charge in [0, 0.05) is 11.1 Å². The predicted molar refractivity (Wildman–Crippen MR) is 118 cm³/mol. The fourth-order valence-corrected chi connectivity index (χ4v) is 4.31. The van der Waals surface area contributed by atoms with Gasteiger partial charge in [-0.1, -0.05) is 53.7 Å². The van der Waals surface area contributed by atoms with Crippen LogP contribution in [0.1, 0.15) is 51.4 Å². The van der Waals surface area contributed by atoms with Gasteiger partial charge in [0.25, 0.3) is 0 Å². The van der Waals surface area contributed by atoms with Crippen molar-refractivity contribution in [1.29, 1.82) is 0 Å². The number of aliphatic hydroxyl groups is 1. The Balaban J connectivity index is 1.46. The van der Waals surface area contributed by atoms with Crippen LogP contribution in [0, 0.1) is 0 Å². The van der Waals surface area contributed by atoms with E-state index in [2.05, 4.69) is 64.1 Å². The molecule has 2 aromatic rings. The van der Waals surface area contributed by atoms with Crippen molar-refractivity contribution < 1.29 is 9.84 Å². The molecular formula is C22H31BrO2S. The highest BCUT2D eigenvalue weighted by Crippen LogP contribution is 2.24. The number of fused-ring (bicyclic) bond motifs is 1. The van der Waals surface area contributed by atoms with Crippen LogP contribution in [0.25, 0.3) is 10.8 Å². The number of aliphatic hydroxyl groups excluding tert-OH is 1. The third kappa shape index (κ3) is 8.79. The van der Waals surface area contributed by atoms with E-state index in [0.29, 0.717) is 6.61 Å². The Morgan fingerprint density at radius 3 is 2.19 bits per heavy atom. The highest BCUT2D eigenvalue weighted by Gasteiger charge is 1.99. The molecule has 0 spiro atoms. The lowest BCUT2D eigenvalue weighted by molar-refractivity contribution is 0.283. The first-order valence-electron chi connectivity index (χ1n) is 9.80. The van der Waals surface area contributed by atoms with Gasteiger partial charge in [-0.25, -0.2) is 0 Å². The van der Waals surface area contributed by atoms with Gasteiger partial charge in [-0.2, -0.15) is 11.8 Å². The number of unbranched alkanes of at least 4 members (excludes halogenated alkanes) is 6. The van der Waals surface area contributed by atoms with Gasteiger partial charge in [0.2, 0.25) is 0 Å². The third-order valence-corrected chi connectivity index (χ3v) is 6.07. The molecule has 0 aliphatic heterocycles. The fourth-order valence-electron chi connectivity index (χ4n) is 2.91. The first-order valence-corrected chi connectivity index (χ1v) is 11.7. The molecular weight excluding hydrogens is 408 g/mol. The van der Waals surface area contributed by atoms with Crippen molar-refractivity contribution in [2.45, 2.75) is 51.4 Å². The smallest absolute Gasteiger partial charge is 0.119 e. The Labute approximate surface area is 170 Å². The van der Waals surface area contributed by atoms with Gasteiger partial charge in [0.05, 0.1) is 6.61 Å². The zero-order valence-corrected chi connectivity index (χ0v) is 18.0. The van der Waals surface area contributed by atoms with Crippen LogP contribution in [-0.4, -0.2) is 29.8 Å². The molecule has 0 atom stereocenters. The van der Waals surface area contributed by atoms with Crippen LogP contribution in [0.2, 0.25) is 0 Å². The first kappa shape index (κ1) is 21.6. The van der Waals surface area contributed by atoms with Crippen LogP contribution in [-0.2, 0) is 0 Å². The largest absolute Gasteiger partial charge is 0.494 e. The average molecular weight is 439 g/mol. The average Bonchev–Trinajstić information content (AvgIpc) is 2.65. The highest BCUT2D eigenvalue weighted by molar-refractivity contribution is 9.10. The second-order valence-corrected chi connectivity index (χ2v) is 8.81. The monoisotopic (exact) mass is 438 g/mol. The molecule has 4 heteroatoms. The van der Waals surface area contributed by atoms with Crippen LogP contribution >= 0.6 is 27.7 Å². The summed E-state index contributed by atoms with van der Waals surface area (Å²) in [5.41, 5.74) is 0. The molecule has 0 amide bonds. The van der Waals surface area contributed by atoms with E-state index in [9.17, 15) is 0 Å². The topological polar surface area (TPSA) is 29.5 Å². The van der Waals surface area contributed by atoms with Crippen molar-refractivity contribution in [3.8, 4) is 5.75 Å². The Morgan fingerprint density at radius 2 is 1.42 bits per heavy atom. The summed E-state index contributed by atoms with van der Waals surface area (Å²) in [4.78, 5) is 0. The quantitative estimate of drug-likeness (QED) is 0.327. The molecule has 0 radical (unpaired) electrons. The maximum absolute atomic E-state index is 8.73. The number of rotatable bonds is 14. The maximum Gasteiger partial charge on any atom is 0.119 e. The second kappa shape index (κ2) is 13.5. The molecule has 2 aromatic carbocycles. The minimum absolute atomic E-state index is 0.343. The van der Waals surface area contributed by atoms with Crippen LogP contribution < -0.4 is 4.74 Å². The summed E-state index contributed by atoms with van der Waals surface area (Å²) in [6.45, 7) is 1.15. The summed E-state index contributed by atoms with van der Waals surface area (Å²) >= 11 is 5.58. The van der Waals surface area contributed by atoms with E-state index in [1.54, 1.807) is 0 Å². The first-order chi connectivity index (χ1) is 12.8. The summed E-state index contributed by atoms with van der Waals surface area (Å²) in [6.07, 6.45) is 9.67. The molecule has 0 aliphatic carbocycles. The van der Waals surface area contributed by atoms with Crippen LogP contribution in [0.3, 0.4) is 0 Å². The van der Waals surface area contributed by atoms with E-state index in [1.165, 1.54) is 60.8 Å². The van der Waals surface area contributed by atoms with E-state index in [1.807, 2.05) is 0 Å². The Morgan fingerprint density at radius 1 is 0.769 bits per heavy atom. The summed E-state index contributed by atoms with van der Waals surface area (Å²) in [5.74, 6) is 3.52. The zero-order chi connectivity index (χ0) is 18.5. The number of halogens is 1. The van der Waals surface area contributed by atoms with E-state index >= 15 is 0 Å². The molecule has 2 nitrogen and oxygen atoms in total. The number of hydrogen-bond donors (Lipinski definition) is 1.